The Balaban J connectivity index is 3.41. The van der Waals surface area contributed by atoms with Gasteiger partial charge in [-0.05, 0) is 18.2 Å². The summed E-state index contributed by atoms with van der Waals surface area (Å²) in [6.45, 7) is 0. The summed E-state index contributed by atoms with van der Waals surface area (Å²) in [6.07, 6.45) is 0. The van der Waals surface area contributed by atoms with Gasteiger partial charge in [0.1, 0.15) is 16.4 Å². The third-order valence-corrected chi connectivity index (χ3v) is 3.73. The van der Waals surface area contributed by atoms with Gasteiger partial charge < -0.3 is 15.6 Å². The van der Waals surface area contributed by atoms with Crippen LogP contribution < -0.4 is 10.5 Å². The summed E-state index contributed by atoms with van der Waals surface area (Å²) in [6, 6.07) is 3.33. The average Bonchev–Trinajstić information content (AvgIpc) is 2.26. The fourth-order valence-electron chi connectivity index (χ4n) is 1.32. The average molecular weight is 273 g/mol. The quantitative estimate of drug-likeness (QED) is 0.755. The Kier molecular flexibility index (Phi) is 3.92. The fourth-order valence-corrected chi connectivity index (χ4v) is 2.61. The maximum atomic E-state index is 11.8. The largest absolute Gasteiger partial charge is 0.495 e. The molecule has 98 valence electrons. The van der Waals surface area contributed by atoms with Gasteiger partial charge >= 0.3 is 5.97 Å². The minimum absolute atomic E-state index is 0.0405. The highest BCUT2D eigenvalue weighted by molar-refractivity contribution is 7.92. The first-order chi connectivity index (χ1) is 8.27. The van der Waals surface area contributed by atoms with Crippen LogP contribution in [0.3, 0.4) is 0 Å². The SMILES string of the molecule is COc1ccc(C(=O)O)cc1S(=O)(=O)CC(N)=O. The van der Waals surface area contributed by atoms with E-state index in [1.165, 1.54) is 19.2 Å². The van der Waals surface area contributed by atoms with Crippen molar-refractivity contribution in [3.05, 3.63) is 23.8 Å². The van der Waals surface area contributed by atoms with Crippen LogP contribution in [0.2, 0.25) is 0 Å². The molecule has 1 rings (SSSR count). The van der Waals surface area contributed by atoms with Crippen LogP contribution in [0, 0.1) is 0 Å². The molecule has 0 bridgehead atoms. The lowest BCUT2D eigenvalue weighted by Crippen LogP contribution is -2.23. The molecule has 0 aromatic heterocycles. The van der Waals surface area contributed by atoms with E-state index in [-0.39, 0.29) is 16.2 Å². The molecule has 1 amide bonds. The van der Waals surface area contributed by atoms with Gasteiger partial charge in [0.2, 0.25) is 5.91 Å². The number of hydrogen-bond donors (Lipinski definition) is 2. The van der Waals surface area contributed by atoms with Crippen molar-refractivity contribution in [3.63, 3.8) is 0 Å². The Bertz CT molecular complexity index is 592. The Labute approximate surface area is 103 Å². The number of benzene rings is 1. The van der Waals surface area contributed by atoms with Gasteiger partial charge in [-0.1, -0.05) is 0 Å². The highest BCUT2D eigenvalue weighted by Gasteiger charge is 2.23. The van der Waals surface area contributed by atoms with Crippen molar-refractivity contribution in [2.75, 3.05) is 12.9 Å². The Morgan fingerprint density at radius 1 is 1.39 bits per heavy atom. The maximum absolute atomic E-state index is 11.8. The lowest BCUT2D eigenvalue weighted by molar-refractivity contribution is -0.115. The van der Waals surface area contributed by atoms with E-state index in [1.807, 2.05) is 0 Å². The van der Waals surface area contributed by atoms with E-state index in [1.54, 1.807) is 0 Å². The number of sulfone groups is 1. The second-order valence-corrected chi connectivity index (χ2v) is 5.35. The molecule has 0 aliphatic carbocycles. The summed E-state index contributed by atoms with van der Waals surface area (Å²) in [7, 11) is -2.79. The molecule has 0 aliphatic rings. The van der Waals surface area contributed by atoms with E-state index in [9.17, 15) is 18.0 Å². The van der Waals surface area contributed by atoms with Crippen molar-refractivity contribution >= 4 is 21.7 Å². The molecule has 1 aromatic rings. The monoisotopic (exact) mass is 273 g/mol. The van der Waals surface area contributed by atoms with E-state index >= 15 is 0 Å². The molecule has 0 heterocycles. The van der Waals surface area contributed by atoms with Crippen molar-refractivity contribution < 1.29 is 27.9 Å². The molecule has 7 nitrogen and oxygen atoms in total. The summed E-state index contributed by atoms with van der Waals surface area (Å²) >= 11 is 0. The topological polar surface area (TPSA) is 124 Å². The van der Waals surface area contributed by atoms with Crippen LogP contribution in [-0.2, 0) is 14.6 Å². The van der Waals surface area contributed by atoms with E-state index in [2.05, 4.69) is 0 Å². The number of rotatable bonds is 5. The van der Waals surface area contributed by atoms with Gasteiger partial charge in [-0.3, -0.25) is 4.79 Å². The third kappa shape index (κ3) is 2.98. The first kappa shape index (κ1) is 14.0. The Morgan fingerprint density at radius 3 is 2.44 bits per heavy atom. The van der Waals surface area contributed by atoms with E-state index in [4.69, 9.17) is 15.6 Å². The van der Waals surface area contributed by atoms with Crippen LogP contribution in [0.1, 0.15) is 10.4 Å². The van der Waals surface area contributed by atoms with E-state index in [0.29, 0.717) is 0 Å². The number of carboxylic acid groups (broad SMARTS) is 1. The van der Waals surface area contributed by atoms with Crippen molar-refractivity contribution in [2.24, 2.45) is 5.73 Å². The van der Waals surface area contributed by atoms with Crippen LogP contribution in [0.15, 0.2) is 23.1 Å². The highest BCUT2D eigenvalue weighted by Crippen LogP contribution is 2.25. The molecule has 1 aromatic carbocycles. The molecular formula is C10H11NO6S. The lowest BCUT2D eigenvalue weighted by Gasteiger charge is -2.09. The minimum Gasteiger partial charge on any atom is -0.495 e. The summed E-state index contributed by atoms with van der Waals surface area (Å²) in [5.41, 5.74) is 4.61. The molecule has 0 saturated carbocycles. The third-order valence-electron chi connectivity index (χ3n) is 2.08. The number of methoxy groups -OCH3 is 1. The predicted octanol–water partition coefficient (Wildman–Crippen LogP) is -0.348. The molecule has 0 aliphatic heterocycles. The van der Waals surface area contributed by atoms with Gasteiger partial charge in [0, 0.05) is 0 Å². The van der Waals surface area contributed by atoms with Gasteiger partial charge in [0.15, 0.2) is 9.84 Å². The summed E-state index contributed by atoms with van der Waals surface area (Å²) < 4.78 is 28.5. The summed E-state index contributed by atoms with van der Waals surface area (Å²) in [5, 5.41) is 8.79. The summed E-state index contributed by atoms with van der Waals surface area (Å²) in [5.74, 6) is -3.26. The Hall–Kier alpha value is -2.09. The number of nitrogens with two attached hydrogens (primary N) is 1. The number of carboxylic acids is 1. The number of amides is 1. The molecule has 8 heteroatoms. The lowest BCUT2D eigenvalue weighted by atomic mass is 10.2. The van der Waals surface area contributed by atoms with Crippen LogP contribution in [0.5, 0.6) is 5.75 Å². The van der Waals surface area contributed by atoms with Crippen LogP contribution in [0.25, 0.3) is 0 Å². The number of primary amides is 1. The molecular weight excluding hydrogens is 262 g/mol. The zero-order chi connectivity index (χ0) is 13.9. The van der Waals surface area contributed by atoms with Gasteiger partial charge in [-0.15, -0.1) is 0 Å². The molecule has 0 spiro atoms. The molecule has 0 radical (unpaired) electrons. The van der Waals surface area contributed by atoms with Gasteiger partial charge in [-0.25, -0.2) is 13.2 Å². The molecule has 3 N–H and O–H groups in total. The van der Waals surface area contributed by atoms with Crippen molar-refractivity contribution in [1.29, 1.82) is 0 Å². The number of hydrogen-bond acceptors (Lipinski definition) is 5. The smallest absolute Gasteiger partial charge is 0.335 e. The predicted molar refractivity (Wildman–Crippen MR) is 61.2 cm³/mol. The van der Waals surface area contributed by atoms with Gasteiger partial charge in [-0.2, -0.15) is 0 Å². The first-order valence-corrected chi connectivity index (χ1v) is 6.35. The molecule has 0 unspecified atom stereocenters. The number of ether oxygens (including phenoxy) is 1. The molecule has 18 heavy (non-hydrogen) atoms. The zero-order valence-corrected chi connectivity index (χ0v) is 10.2. The second kappa shape index (κ2) is 5.05. The van der Waals surface area contributed by atoms with E-state index < -0.39 is 27.5 Å². The van der Waals surface area contributed by atoms with E-state index in [0.717, 1.165) is 6.07 Å². The maximum Gasteiger partial charge on any atom is 0.335 e. The van der Waals surface area contributed by atoms with Crippen molar-refractivity contribution in [3.8, 4) is 5.75 Å². The summed E-state index contributed by atoms with van der Waals surface area (Å²) in [4.78, 5) is 21.1. The normalized spacial score (nSPS) is 10.9. The zero-order valence-electron chi connectivity index (χ0n) is 9.41. The van der Waals surface area contributed by atoms with Crippen LogP contribution in [0.4, 0.5) is 0 Å². The molecule has 0 saturated heterocycles. The molecule has 0 atom stereocenters. The van der Waals surface area contributed by atoms with Crippen molar-refractivity contribution in [1.82, 2.24) is 0 Å². The second-order valence-electron chi connectivity index (χ2n) is 3.40. The van der Waals surface area contributed by atoms with Crippen molar-refractivity contribution in [2.45, 2.75) is 4.90 Å². The number of carbonyl (C=O) groups excluding carboxylic acids is 1. The number of carbonyl (C=O) groups is 2. The highest BCUT2D eigenvalue weighted by atomic mass is 32.2. The molecule has 0 fully saturated rings. The number of aromatic carboxylic acids is 1. The first-order valence-electron chi connectivity index (χ1n) is 4.70. The Morgan fingerprint density at radius 2 is 2.00 bits per heavy atom. The fraction of sp³-hybridized carbons (Fsp3) is 0.200. The minimum atomic E-state index is -4.02. The van der Waals surface area contributed by atoms with Crippen LogP contribution >= 0.6 is 0 Å². The van der Waals surface area contributed by atoms with Gasteiger partial charge in [0.25, 0.3) is 0 Å². The standard InChI is InChI=1S/C10H11NO6S/c1-17-7-3-2-6(10(13)14)4-8(7)18(15,16)5-9(11)12/h2-4H,5H2,1H3,(H2,11,12)(H,13,14). The van der Waals surface area contributed by atoms with Gasteiger partial charge in [0.05, 0.1) is 12.7 Å². The van der Waals surface area contributed by atoms with Crippen LogP contribution in [-0.4, -0.2) is 38.3 Å².